The number of anilines is 2. The van der Waals surface area contributed by atoms with Gasteiger partial charge in [-0.25, -0.2) is 4.98 Å². The van der Waals surface area contributed by atoms with Crippen molar-refractivity contribution in [3.8, 4) is 0 Å². The maximum Gasteiger partial charge on any atom is 0.245 e. The normalized spacial score (nSPS) is 11.0. The van der Waals surface area contributed by atoms with Gasteiger partial charge in [0.15, 0.2) is 9.47 Å². The number of aromatic nitrogens is 3. The largest absolute Gasteiger partial charge is 0.342 e. The average Bonchev–Trinajstić information content (AvgIpc) is 3.19. The van der Waals surface area contributed by atoms with E-state index in [1.54, 1.807) is 23.1 Å². The van der Waals surface area contributed by atoms with Crippen LogP contribution in [0.25, 0.3) is 10.2 Å². The summed E-state index contributed by atoms with van der Waals surface area (Å²) in [6, 6.07) is 4.18. The summed E-state index contributed by atoms with van der Waals surface area (Å²) in [5, 5.41) is 12.2. The molecule has 0 aliphatic rings. The van der Waals surface area contributed by atoms with Crippen molar-refractivity contribution in [2.24, 2.45) is 0 Å². The Hall–Kier alpha value is -1.71. The molecule has 3 aromatic rings. The summed E-state index contributed by atoms with van der Waals surface area (Å²) >= 11 is 4.62. The third-order valence-electron chi connectivity index (χ3n) is 3.56. The SMILES string of the molecule is CCSc1nnc(NC(=O)CN(C)c2nc3c(C)ccc(C)c3s2)s1. The van der Waals surface area contributed by atoms with E-state index in [1.165, 1.54) is 21.6 Å². The molecule has 0 unspecified atom stereocenters. The maximum absolute atomic E-state index is 12.3. The van der Waals surface area contributed by atoms with Crippen LogP contribution in [0.2, 0.25) is 0 Å². The van der Waals surface area contributed by atoms with E-state index in [0.29, 0.717) is 5.13 Å². The fourth-order valence-electron chi connectivity index (χ4n) is 2.30. The third kappa shape index (κ3) is 4.10. The molecule has 1 N–H and O–H groups in total. The van der Waals surface area contributed by atoms with Gasteiger partial charge in [0.1, 0.15) is 0 Å². The van der Waals surface area contributed by atoms with Gasteiger partial charge < -0.3 is 4.90 Å². The number of likely N-dealkylation sites (N-methyl/N-ethyl adjacent to an activating group) is 1. The lowest BCUT2D eigenvalue weighted by Crippen LogP contribution is -2.29. The van der Waals surface area contributed by atoms with Crippen molar-refractivity contribution in [3.05, 3.63) is 23.3 Å². The smallest absolute Gasteiger partial charge is 0.245 e. The van der Waals surface area contributed by atoms with Crippen molar-refractivity contribution in [1.29, 1.82) is 0 Å². The Morgan fingerprint density at radius 2 is 2.00 bits per heavy atom. The lowest BCUT2D eigenvalue weighted by Gasteiger charge is -2.14. The maximum atomic E-state index is 12.3. The predicted octanol–water partition coefficient (Wildman–Crippen LogP) is 3.95. The number of thiazole rings is 1. The van der Waals surface area contributed by atoms with E-state index in [1.807, 2.05) is 11.9 Å². The van der Waals surface area contributed by atoms with Crippen LogP contribution in [0, 0.1) is 13.8 Å². The van der Waals surface area contributed by atoms with Crippen molar-refractivity contribution in [3.63, 3.8) is 0 Å². The Morgan fingerprint density at radius 3 is 2.72 bits per heavy atom. The van der Waals surface area contributed by atoms with Gasteiger partial charge in [-0.1, -0.05) is 53.5 Å². The van der Waals surface area contributed by atoms with E-state index in [2.05, 4.69) is 48.4 Å². The molecule has 0 saturated carbocycles. The first-order valence-corrected chi connectivity index (χ1v) is 10.4. The van der Waals surface area contributed by atoms with Gasteiger partial charge in [-0.2, -0.15) is 0 Å². The van der Waals surface area contributed by atoms with E-state index < -0.39 is 0 Å². The molecule has 0 radical (unpaired) electrons. The quantitative estimate of drug-likeness (QED) is 0.505. The van der Waals surface area contributed by atoms with Crippen LogP contribution in [0.1, 0.15) is 18.1 Å². The minimum atomic E-state index is -0.126. The molecule has 0 spiro atoms. The van der Waals surface area contributed by atoms with Crippen LogP contribution in [0.4, 0.5) is 10.3 Å². The number of aryl methyl sites for hydroxylation is 2. The van der Waals surface area contributed by atoms with Gasteiger partial charge in [0.2, 0.25) is 11.0 Å². The second-order valence-corrected chi connectivity index (χ2v) is 9.05. The Kier molecular flexibility index (Phi) is 5.55. The number of nitrogens with zero attached hydrogens (tertiary/aromatic N) is 4. The van der Waals surface area contributed by atoms with Gasteiger partial charge in [-0.15, -0.1) is 10.2 Å². The van der Waals surface area contributed by atoms with Gasteiger partial charge >= 0.3 is 0 Å². The number of thioether (sulfide) groups is 1. The highest BCUT2D eigenvalue weighted by molar-refractivity contribution is 8.01. The van der Waals surface area contributed by atoms with E-state index in [4.69, 9.17) is 4.98 Å². The molecule has 132 valence electrons. The molecule has 3 rings (SSSR count). The summed E-state index contributed by atoms with van der Waals surface area (Å²) in [6.45, 7) is 6.41. The summed E-state index contributed by atoms with van der Waals surface area (Å²) in [6.07, 6.45) is 0. The number of fused-ring (bicyclic) bond motifs is 1. The number of hydrogen-bond donors (Lipinski definition) is 1. The molecule has 25 heavy (non-hydrogen) atoms. The molecule has 1 aromatic carbocycles. The Balaban J connectivity index is 1.68. The first kappa shape index (κ1) is 18.1. The van der Waals surface area contributed by atoms with E-state index in [9.17, 15) is 4.79 Å². The van der Waals surface area contributed by atoms with Crippen molar-refractivity contribution in [2.45, 2.75) is 25.1 Å². The Bertz CT molecular complexity index is 865. The first-order valence-electron chi connectivity index (χ1n) is 7.82. The molecule has 2 aromatic heterocycles. The zero-order valence-corrected chi connectivity index (χ0v) is 16.9. The highest BCUT2D eigenvalue weighted by Crippen LogP contribution is 2.32. The van der Waals surface area contributed by atoms with Crippen LogP contribution in [-0.2, 0) is 4.79 Å². The summed E-state index contributed by atoms with van der Waals surface area (Å²) < 4.78 is 2.04. The molecule has 0 fully saturated rings. The summed E-state index contributed by atoms with van der Waals surface area (Å²) in [5.74, 6) is 0.807. The Morgan fingerprint density at radius 1 is 1.24 bits per heavy atom. The molecular formula is C16H19N5OS3. The lowest BCUT2D eigenvalue weighted by atomic mass is 10.1. The van der Waals surface area contributed by atoms with E-state index in [-0.39, 0.29) is 12.5 Å². The van der Waals surface area contributed by atoms with Gasteiger partial charge in [-0.3, -0.25) is 10.1 Å². The molecule has 0 saturated heterocycles. The van der Waals surface area contributed by atoms with Crippen molar-refractivity contribution in [2.75, 3.05) is 29.6 Å². The van der Waals surface area contributed by atoms with Gasteiger partial charge in [-0.05, 0) is 30.7 Å². The van der Waals surface area contributed by atoms with Crippen molar-refractivity contribution in [1.82, 2.24) is 15.2 Å². The number of hydrogen-bond acceptors (Lipinski definition) is 8. The third-order valence-corrected chi connectivity index (χ3v) is 6.72. The molecule has 0 aliphatic heterocycles. The molecule has 9 heteroatoms. The highest BCUT2D eigenvalue weighted by atomic mass is 32.2. The fourth-order valence-corrected chi connectivity index (χ4v) is 5.03. The molecule has 1 amide bonds. The van der Waals surface area contributed by atoms with Gasteiger partial charge in [0, 0.05) is 7.05 Å². The summed E-state index contributed by atoms with van der Waals surface area (Å²) in [5.41, 5.74) is 3.37. The topological polar surface area (TPSA) is 71.0 Å². The molecule has 6 nitrogen and oxygen atoms in total. The van der Waals surface area contributed by atoms with Crippen LogP contribution < -0.4 is 10.2 Å². The standard InChI is InChI=1S/C16H19N5OS3/c1-5-23-16-20-19-14(25-16)17-11(22)8-21(4)15-18-12-9(2)6-7-10(3)13(12)24-15/h6-7H,5,8H2,1-4H3,(H,17,19,22). The average molecular weight is 394 g/mol. The van der Waals surface area contributed by atoms with E-state index >= 15 is 0 Å². The van der Waals surface area contributed by atoms with Crippen LogP contribution in [-0.4, -0.2) is 40.4 Å². The second-order valence-electron chi connectivity index (χ2n) is 5.58. The molecule has 2 heterocycles. The van der Waals surface area contributed by atoms with Gasteiger partial charge in [0.25, 0.3) is 0 Å². The monoisotopic (exact) mass is 393 g/mol. The number of carbonyl (C=O) groups excluding carboxylic acids is 1. The summed E-state index contributed by atoms with van der Waals surface area (Å²) in [4.78, 5) is 18.8. The fraction of sp³-hybridized carbons (Fsp3) is 0.375. The lowest BCUT2D eigenvalue weighted by molar-refractivity contribution is -0.114. The zero-order chi connectivity index (χ0) is 18.0. The predicted molar refractivity (Wildman–Crippen MR) is 107 cm³/mol. The molecule has 0 atom stereocenters. The zero-order valence-electron chi connectivity index (χ0n) is 14.5. The van der Waals surface area contributed by atoms with Gasteiger partial charge in [0.05, 0.1) is 16.8 Å². The number of nitrogens with one attached hydrogen (secondary N) is 1. The molecule has 0 aliphatic carbocycles. The van der Waals surface area contributed by atoms with Crippen molar-refractivity contribution >= 4 is 60.8 Å². The molecular weight excluding hydrogens is 374 g/mol. The second kappa shape index (κ2) is 7.67. The summed E-state index contributed by atoms with van der Waals surface area (Å²) in [7, 11) is 1.88. The minimum Gasteiger partial charge on any atom is -0.342 e. The van der Waals surface area contributed by atoms with Crippen LogP contribution >= 0.6 is 34.4 Å². The van der Waals surface area contributed by atoms with E-state index in [0.717, 1.165) is 26.3 Å². The first-order chi connectivity index (χ1) is 12.0. The highest BCUT2D eigenvalue weighted by Gasteiger charge is 2.15. The number of amides is 1. The van der Waals surface area contributed by atoms with Crippen molar-refractivity contribution < 1.29 is 4.79 Å². The minimum absolute atomic E-state index is 0.126. The van der Waals surface area contributed by atoms with Crippen LogP contribution in [0.3, 0.4) is 0 Å². The number of rotatable bonds is 6. The molecule has 0 bridgehead atoms. The number of carbonyl (C=O) groups is 1. The van der Waals surface area contributed by atoms with Crippen LogP contribution in [0.15, 0.2) is 16.5 Å². The van der Waals surface area contributed by atoms with Crippen LogP contribution in [0.5, 0.6) is 0 Å². The number of benzene rings is 1. The Labute approximate surface area is 158 Å².